The third-order valence-corrected chi connectivity index (χ3v) is 3.03. The summed E-state index contributed by atoms with van der Waals surface area (Å²) in [5.74, 6) is -0.185. The summed E-state index contributed by atoms with van der Waals surface area (Å²) in [6.07, 6.45) is 2.93. The standard InChI is InChI=1S/C14H15NO4/c1-9(16)15-12-4-5-13-11(8-12)3-2-10(14(13)17)6-7-19-18/h4-6,8,18H,2-3,7H2,1H3,(H,15,16). The number of hydrogen-bond acceptors (Lipinski definition) is 4. The van der Waals surface area contributed by atoms with Gasteiger partial charge in [-0.15, -0.1) is 0 Å². The maximum absolute atomic E-state index is 12.2. The minimum absolute atomic E-state index is 0.0143. The Labute approximate surface area is 110 Å². The highest BCUT2D eigenvalue weighted by Gasteiger charge is 2.21. The van der Waals surface area contributed by atoms with Crippen LogP contribution in [-0.4, -0.2) is 23.6 Å². The molecule has 0 radical (unpaired) electrons. The van der Waals surface area contributed by atoms with Crippen LogP contribution < -0.4 is 5.32 Å². The zero-order valence-electron chi connectivity index (χ0n) is 10.6. The summed E-state index contributed by atoms with van der Waals surface area (Å²) in [7, 11) is 0. The van der Waals surface area contributed by atoms with Gasteiger partial charge in [-0.1, -0.05) is 0 Å². The SMILES string of the molecule is CC(=O)Nc1ccc2c(c1)CCC(=CCOO)C2=O. The molecule has 100 valence electrons. The van der Waals surface area contributed by atoms with E-state index in [1.165, 1.54) is 6.92 Å². The lowest BCUT2D eigenvalue weighted by Gasteiger charge is -2.18. The number of aryl methyl sites for hydroxylation is 1. The zero-order chi connectivity index (χ0) is 13.8. The van der Waals surface area contributed by atoms with Gasteiger partial charge >= 0.3 is 0 Å². The Morgan fingerprint density at radius 1 is 1.47 bits per heavy atom. The lowest BCUT2D eigenvalue weighted by Crippen LogP contribution is -2.15. The van der Waals surface area contributed by atoms with Gasteiger partial charge in [-0.25, -0.2) is 4.89 Å². The highest BCUT2D eigenvalue weighted by atomic mass is 17.1. The highest BCUT2D eigenvalue weighted by molar-refractivity contribution is 6.11. The fourth-order valence-corrected chi connectivity index (χ4v) is 2.19. The largest absolute Gasteiger partial charge is 0.326 e. The third kappa shape index (κ3) is 3.07. The van der Waals surface area contributed by atoms with Crippen molar-refractivity contribution in [3.8, 4) is 0 Å². The summed E-state index contributed by atoms with van der Waals surface area (Å²) in [5, 5.41) is 11.0. The molecule has 1 aliphatic carbocycles. The van der Waals surface area contributed by atoms with Crippen LogP contribution in [0.3, 0.4) is 0 Å². The van der Waals surface area contributed by atoms with E-state index < -0.39 is 0 Å². The van der Waals surface area contributed by atoms with Crippen molar-refractivity contribution < 1.29 is 19.7 Å². The highest BCUT2D eigenvalue weighted by Crippen LogP contribution is 2.27. The van der Waals surface area contributed by atoms with Gasteiger partial charge in [-0.2, -0.15) is 0 Å². The van der Waals surface area contributed by atoms with E-state index in [9.17, 15) is 9.59 Å². The topological polar surface area (TPSA) is 75.6 Å². The van der Waals surface area contributed by atoms with Crippen molar-refractivity contribution in [2.45, 2.75) is 19.8 Å². The van der Waals surface area contributed by atoms with E-state index in [4.69, 9.17) is 5.26 Å². The molecule has 0 spiro atoms. The lowest BCUT2D eigenvalue weighted by atomic mass is 9.86. The molecule has 2 rings (SSSR count). The number of nitrogens with one attached hydrogen (secondary N) is 1. The first-order valence-corrected chi connectivity index (χ1v) is 6.02. The van der Waals surface area contributed by atoms with E-state index in [-0.39, 0.29) is 18.3 Å². The van der Waals surface area contributed by atoms with E-state index in [2.05, 4.69) is 10.2 Å². The van der Waals surface area contributed by atoms with Gasteiger partial charge in [0.15, 0.2) is 5.78 Å². The maximum atomic E-state index is 12.2. The number of hydrogen-bond donors (Lipinski definition) is 2. The first kappa shape index (κ1) is 13.5. The van der Waals surface area contributed by atoms with E-state index in [1.807, 2.05) is 6.07 Å². The number of allylic oxidation sites excluding steroid dienone is 1. The monoisotopic (exact) mass is 261 g/mol. The summed E-state index contributed by atoms with van der Waals surface area (Å²) in [6.45, 7) is 1.46. The number of rotatable bonds is 3. The molecule has 2 N–H and O–H groups in total. The van der Waals surface area contributed by atoms with Gasteiger partial charge in [0.1, 0.15) is 6.61 Å². The number of amides is 1. The van der Waals surface area contributed by atoms with Gasteiger partial charge in [-0.3, -0.25) is 14.8 Å². The molecule has 5 heteroatoms. The van der Waals surface area contributed by atoms with E-state index >= 15 is 0 Å². The van der Waals surface area contributed by atoms with Crippen LogP contribution in [0, 0.1) is 0 Å². The van der Waals surface area contributed by atoms with Gasteiger partial charge in [-0.05, 0) is 48.3 Å². The molecule has 0 heterocycles. The Kier molecular flexibility index (Phi) is 4.09. The third-order valence-electron chi connectivity index (χ3n) is 3.03. The maximum Gasteiger partial charge on any atom is 0.221 e. The fraction of sp³-hybridized carbons (Fsp3) is 0.286. The van der Waals surface area contributed by atoms with Crippen molar-refractivity contribution in [2.75, 3.05) is 11.9 Å². The van der Waals surface area contributed by atoms with Gasteiger partial charge in [0.05, 0.1) is 0 Å². The molecule has 0 aromatic heterocycles. The first-order valence-electron chi connectivity index (χ1n) is 6.02. The Hall–Kier alpha value is -1.98. The Bertz CT molecular complexity index is 548. The molecule has 19 heavy (non-hydrogen) atoms. The second-order valence-electron chi connectivity index (χ2n) is 4.41. The van der Waals surface area contributed by atoms with Crippen molar-refractivity contribution in [3.63, 3.8) is 0 Å². The van der Waals surface area contributed by atoms with E-state index in [0.29, 0.717) is 23.2 Å². The van der Waals surface area contributed by atoms with Crippen LogP contribution in [0.4, 0.5) is 5.69 Å². The van der Waals surface area contributed by atoms with Crippen LogP contribution in [0.15, 0.2) is 29.8 Å². The molecule has 0 saturated carbocycles. The van der Waals surface area contributed by atoms with Crippen molar-refractivity contribution in [1.29, 1.82) is 0 Å². The Balaban J connectivity index is 2.26. The molecular formula is C14H15NO4. The molecule has 0 aliphatic heterocycles. The van der Waals surface area contributed by atoms with Crippen LogP contribution in [0.1, 0.15) is 29.3 Å². The molecule has 0 unspecified atom stereocenters. The van der Waals surface area contributed by atoms with Crippen molar-refractivity contribution in [2.24, 2.45) is 0 Å². The Morgan fingerprint density at radius 2 is 2.26 bits per heavy atom. The molecule has 5 nitrogen and oxygen atoms in total. The molecule has 1 aliphatic rings. The molecule has 1 aromatic carbocycles. The zero-order valence-corrected chi connectivity index (χ0v) is 10.6. The number of carbonyl (C=O) groups excluding carboxylic acids is 2. The number of benzene rings is 1. The number of carbonyl (C=O) groups is 2. The average Bonchev–Trinajstić information content (AvgIpc) is 2.37. The molecule has 0 fully saturated rings. The van der Waals surface area contributed by atoms with Crippen LogP contribution in [-0.2, 0) is 16.1 Å². The minimum atomic E-state index is -0.136. The molecule has 0 atom stereocenters. The van der Waals surface area contributed by atoms with Crippen LogP contribution in [0.2, 0.25) is 0 Å². The van der Waals surface area contributed by atoms with Gasteiger partial charge < -0.3 is 5.32 Å². The van der Waals surface area contributed by atoms with Crippen LogP contribution >= 0.6 is 0 Å². The average molecular weight is 261 g/mol. The molecule has 1 amide bonds. The van der Waals surface area contributed by atoms with E-state index in [1.54, 1.807) is 18.2 Å². The van der Waals surface area contributed by atoms with Gasteiger partial charge in [0, 0.05) is 18.2 Å². The van der Waals surface area contributed by atoms with Gasteiger partial charge in [0.2, 0.25) is 5.91 Å². The quantitative estimate of drug-likeness (QED) is 0.497. The second kappa shape index (κ2) is 5.77. The smallest absolute Gasteiger partial charge is 0.221 e. The number of ketones is 1. The predicted molar refractivity (Wildman–Crippen MR) is 70.1 cm³/mol. The van der Waals surface area contributed by atoms with Crippen LogP contribution in [0.5, 0.6) is 0 Å². The number of Topliss-reactive ketones (excluding diaryl/α,β-unsaturated/α-hetero) is 1. The summed E-state index contributed by atoms with van der Waals surface area (Å²) in [5.41, 5.74) is 2.92. The minimum Gasteiger partial charge on any atom is -0.326 e. The summed E-state index contributed by atoms with van der Waals surface area (Å²) < 4.78 is 0. The Morgan fingerprint density at radius 3 is 2.95 bits per heavy atom. The van der Waals surface area contributed by atoms with Crippen molar-refractivity contribution in [1.82, 2.24) is 0 Å². The number of anilines is 1. The lowest BCUT2D eigenvalue weighted by molar-refractivity contribution is -0.232. The first-order chi connectivity index (χ1) is 9.11. The molecule has 0 saturated heterocycles. The summed E-state index contributed by atoms with van der Waals surface area (Å²) in [4.78, 5) is 27.1. The van der Waals surface area contributed by atoms with Crippen LogP contribution in [0.25, 0.3) is 0 Å². The van der Waals surface area contributed by atoms with Crippen molar-refractivity contribution in [3.05, 3.63) is 41.0 Å². The summed E-state index contributed by atoms with van der Waals surface area (Å²) in [6, 6.07) is 5.26. The van der Waals surface area contributed by atoms with Gasteiger partial charge in [0.25, 0.3) is 0 Å². The normalized spacial score (nSPS) is 16.3. The summed E-state index contributed by atoms with van der Waals surface area (Å²) >= 11 is 0. The number of fused-ring (bicyclic) bond motifs is 1. The molecule has 1 aromatic rings. The predicted octanol–water partition coefficient (Wildman–Crippen LogP) is 2.19. The van der Waals surface area contributed by atoms with E-state index in [0.717, 1.165) is 12.0 Å². The molecule has 0 bridgehead atoms. The molecular weight excluding hydrogens is 246 g/mol. The second-order valence-corrected chi connectivity index (χ2v) is 4.41. The fourth-order valence-electron chi connectivity index (χ4n) is 2.19. The van der Waals surface area contributed by atoms with Crippen molar-refractivity contribution >= 4 is 17.4 Å².